The predicted octanol–water partition coefficient (Wildman–Crippen LogP) is 2.87. The lowest BCUT2D eigenvalue weighted by molar-refractivity contribution is -0.159. The van der Waals surface area contributed by atoms with E-state index in [-0.39, 0.29) is 35.6 Å². The van der Waals surface area contributed by atoms with Crippen molar-refractivity contribution in [1.82, 2.24) is 10.3 Å². The van der Waals surface area contributed by atoms with Crippen LogP contribution in [0, 0.1) is 11.8 Å². The second-order valence-electron chi connectivity index (χ2n) is 14.1. The first-order chi connectivity index (χ1) is 26.0. The second-order valence-corrected chi connectivity index (χ2v) is 14.1. The fourth-order valence-corrected chi connectivity index (χ4v) is 7.91. The lowest BCUT2D eigenvalue weighted by Gasteiger charge is -2.53. The lowest BCUT2D eigenvalue weighted by atomic mass is 9.54. The zero-order chi connectivity index (χ0) is 40.0. The van der Waals surface area contributed by atoms with Crippen LogP contribution in [-0.4, -0.2) is 90.9 Å². The van der Waals surface area contributed by atoms with Crippen molar-refractivity contribution in [3.05, 3.63) is 124 Å². The minimum Gasteiger partial charge on any atom is -0.508 e. The van der Waals surface area contributed by atoms with Crippen LogP contribution in [0.3, 0.4) is 0 Å². The van der Waals surface area contributed by atoms with E-state index < -0.39 is 75.0 Å². The molecule has 3 aliphatic carbocycles. The summed E-state index contributed by atoms with van der Waals surface area (Å²) in [6.07, 6.45) is 1.54. The maximum absolute atomic E-state index is 13.7. The molecule has 284 valence electrons. The number of nitrogens with zero attached hydrogens (tertiary/aromatic N) is 2. The molecule has 0 spiro atoms. The lowest BCUT2D eigenvalue weighted by Crippen LogP contribution is -2.67. The number of primary amides is 1. The molecule has 3 aliphatic rings. The van der Waals surface area contributed by atoms with Gasteiger partial charge in [-0.2, -0.15) is 5.10 Å². The number of Topliss-reactive ketones (excluding diaryl/α,β-unsaturated/α-hetero) is 2. The van der Waals surface area contributed by atoms with Crippen LogP contribution in [0.25, 0.3) is 16.5 Å². The third kappa shape index (κ3) is 6.49. The zero-order valence-electron chi connectivity index (χ0n) is 30.1. The maximum Gasteiger partial charge on any atom is 0.255 e. The fraction of sp³-hybridized carbons (Fsp3) is 0.244. The highest BCUT2D eigenvalue weighted by Crippen LogP contribution is 2.57. The summed E-state index contributed by atoms with van der Waals surface area (Å²) in [6.45, 7) is 1.40. The third-order valence-corrected chi connectivity index (χ3v) is 10.6. The van der Waals surface area contributed by atoms with Crippen LogP contribution in [0.1, 0.15) is 35.6 Å². The first-order valence-electron chi connectivity index (χ1n) is 17.3. The van der Waals surface area contributed by atoms with Gasteiger partial charge in [0.1, 0.15) is 28.6 Å². The van der Waals surface area contributed by atoms with Gasteiger partial charge in [-0.15, -0.1) is 0 Å². The van der Waals surface area contributed by atoms with Gasteiger partial charge in [0, 0.05) is 23.0 Å². The minimum atomic E-state index is -2.75. The molecule has 9 N–H and O–H groups in total. The summed E-state index contributed by atoms with van der Waals surface area (Å²) < 4.78 is 0. The zero-order valence-corrected chi connectivity index (χ0v) is 30.1. The van der Waals surface area contributed by atoms with Gasteiger partial charge < -0.3 is 36.4 Å². The number of likely N-dealkylation sites (N-methyl/N-ethyl adjacent to an activating group) is 1. The van der Waals surface area contributed by atoms with Crippen LogP contribution < -0.4 is 11.2 Å². The summed E-state index contributed by atoms with van der Waals surface area (Å²) in [4.78, 5) is 51.9. The van der Waals surface area contributed by atoms with E-state index in [0.717, 1.165) is 16.3 Å². The van der Waals surface area contributed by atoms with Gasteiger partial charge in [0.15, 0.2) is 11.4 Å². The van der Waals surface area contributed by atoms with E-state index in [0.29, 0.717) is 5.56 Å². The average Bonchev–Trinajstić information content (AvgIpc) is 3.13. The van der Waals surface area contributed by atoms with Crippen molar-refractivity contribution in [2.75, 3.05) is 14.1 Å². The van der Waals surface area contributed by atoms with Crippen molar-refractivity contribution in [2.45, 2.75) is 37.0 Å². The van der Waals surface area contributed by atoms with Crippen LogP contribution in [0.4, 0.5) is 0 Å². The molecule has 4 aromatic carbocycles. The van der Waals surface area contributed by atoms with Gasteiger partial charge in [-0.25, -0.2) is 5.43 Å². The molecular formula is C41H40N4O10. The van der Waals surface area contributed by atoms with Gasteiger partial charge in [0.25, 0.3) is 5.91 Å². The van der Waals surface area contributed by atoms with Crippen molar-refractivity contribution < 1.29 is 49.8 Å². The molecule has 0 unspecified atom stereocenters. The Labute approximate surface area is 315 Å². The van der Waals surface area contributed by atoms with Gasteiger partial charge in [-0.05, 0) is 61.5 Å². The Morgan fingerprint density at radius 3 is 2.25 bits per heavy atom. The number of hydrazone groups is 1. The molecule has 0 bridgehead atoms. The third-order valence-electron chi connectivity index (χ3n) is 10.6. The average molecular weight is 749 g/mol. The number of amides is 2. The molecule has 0 radical (unpaired) electrons. The molecule has 1 saturated carbocycles. The Bertz CT molecular complexity index is 2330. The number of carbonyl (C=O) groups is 4. The van der Waals surface area contributed by atoms with E-state index in [1.54, 1.807) is 6.07 Å². The Kier molecular flexibility index (Phi) is 10.1. The first kappa shape index (κ1) is 38.4. The number of carbonyl (C=O) groups excluding carboxylic acids is 4. The monoisotopic (exact) mass is 748 g/mol. The smallest absolute Gasteiger partial charge is 0.255 e. The van der Waals surface area contributed by atoms with Gasteiger partial charge in [0.2, 0.25) is 11.7 Å². The van der Waals surface area contributed by atoms with Gasteiger partial charge in [-0.3, -0.25) is 24.1 Å². The number of hydrogen-bond donors (Lipinski definition) is 8. The van der Waals surface area contributed by atoms with Gasteiger partial charge in [-0.1, -0.05) is 72.8 Å². The Morgan fingerprint density at radius 2 is 1.58 bits per heavy atom. The fourth-order valence-electron chi connectivity index (χ4n) is 7.91. The molecule has 5 atom stereocenters. The molecule has 55 heavy (non-hydrogen) atoms. The number of fused-ring (bicyclic) bond motifs is 4. The summed E-state index contributed by atoms with van der Waals surface area (Å²) in [7, 11) is 3.01. The van der Waals surface area contributed by atoms with Crippen LogP contribution >= 0.6 is 0 Å². The van der Waals surface area contributed by atoms with Crippen molar-refractivity contribution in [3.8, 4) is 11.5 Å². The highest BCUT2D eigenvalue weighted by atomic mass is 16.3. The maximum atomic E-state index is 13.7. The molecular weight excluding hydrogens is 708 g/mol. The molecule has 2 amide bonds. The van der Waals surface area contributed by atoms with E-state index in [1.807, 2.05) is 60.7 Å². The molecule has 14 nitrogen and oxygen atoms in total. The summed E-state index contributed by atoms with van der Waals surface area (Å²) in [5.74, 6) is -7.97. The number of aliphatic hydroxyl groups is 4. The quantitative estimate of drug-likeness (QED) is 0.0810. The minimum absolute atomic E-state index is 0.129. The second kappa shape index (κ2) is 14.5. The number of phenols is 2. The molecule has 0 heterocycles. The Hall–Kier alpha value is -6.35. The normalized spacial score (nSPS) is 24.6. The molecule has 0 aromatic heterocycles. The Balaban J connectivity index is 0.000000197. The number of aromatic hydroxyl groups is 2. The molecule has 0 saturated heterocycles. The SMILES string of the molecule is CN(C)[C@@H]1C(=O)C(C(N)=O)=C(O)[C@@]2(O)C(=O)C3=C(O)c4c(O)cccc4[C@@](C)(O)[C@H]3C[C@@H]12.O=C(Cc1ccccc1)N/N=C\c1c(O)ccc2ccccc12. The summed E-state index contributed by atoms with van der Waals surface area (Å²) >= 11 is 0. The Morgan fingerprint density at radius 1 is 0.909 bits per heavy atom. The number of aliphatic hydroxyl groups excluding tert-OH is 2. The summed E-state index contributed by atoms with van der Waals surface area (Å²) in [5, 5.41) is 70.7. The van der Waals surface area contributed by atoms with Crippen molar-refractivity contribution in [2.24, 2.45) is 22.7 Å². The number of benzene rings is 4. The molecule has 1 fully saturated rings. The summed E-state index contributed by atoms with van der Waals surface area (Å²) in [6, 6.07) is 23.6. The highest BCUT2D eigenvalue weighted by molar-refractivity contribution is 6.24. The molecule has 14 heteroatoms. The number of nitrogens with two attached hydrogens (primary N) is 1. The largest absolute Gasteiger partial charge is 0.508 e. The number of hydrogen-bond acceptors (Lipinski definition) is 12. The van der Waals surface area contributed by atoms with E-state index in [2.05, 4.69) is 10.5 Å². The summed E-state index contributed by atoms with van der Waals surface area (Å²) in [5.41, 5.74) is 3.45. The van der Waals surface area contributed by atoms with E-state index in [1.165, 1.54) is 50.3 Å². The standard InChI is InChI=1S/C22H24N2O8.C19H16N2O2/c1-21(31)8-5-4-6-11(25)12(8)16(26)13-9(21)7-10-15(24(2)3)17(27)14(20(23)30)19(29)22(10,32)18(13)28;22-18-11-10-15-8-4-5-9-16(15)17(18)13-20-21-19(23)12-14-6-2-1-3-7-14/h4-6,9-10,15,25-26,29,31-32H,7H2,1-3H3,(H2,23,30);1-11,13,22H,12H2,(H,21,23)/b;20-13-/t9-,10-,15-,21+,22-;/m0./s1. The predicted molar refractivity (Wildman–Crippen MR) is 202 cm³/mol. The molecule has 4 aromatic rings. The number of nitrogens with one attached hydrogen (secondary N) is 1. The van der Waals surface area contributed by atoms with Gasteiger partial charge in [0.05, 0.1) is 29.8 Å². The highest BCUT2D eigenvalue weighted by Gasteiger charge is 2.66. The van der Waals surface area contributed by atoms with Gasteiger partial charge >= 0.3 is 0 Å². The van der Waals surface area contributed by atoms with Crippen LogP contribution in [0.2, 0.25) is 0 Å². The first-order valence-corrected chi connectivity index (χ1v) is 17.3. The molecule has 7 rings (SSSR count). The van der Waals surface area contributed by atoms with E-state index in [9.17, 15) is 49.8 Å². The van der Waals surface area contributed by atoms with E-state index >= 15 is 0 Å². The van der Waals surface area contributed by atoms with Crippen molar-refractivity contribution in [1.29, 1.82) is 0 Å². The number of rotatable bonds is 6. The topological polar surface area (TPSA) is 243 Å². The van der Waals surface area contributed by atoms with Crippen LogP contribution in [-0.2, 0) is 31.2 Å². The number of phenolic OH excluding ortho intramolecular Hbond substituents is 2. The van der Waals surface area contributed by atoms with Crippen LogP contribution in [0.5, 0.6) is 11.5 Å². The molecule has 0 aliphatic heterocycles. The number of ketones is 2. The van der Waals surface area contributed by atoms with Crippen molar-refractivity contribution in [3.63, 3.8) is 0 Å². The van der Waals surface area contributed by atoms with E-state index in [4.69, 9.17) is 5.73 Å². The van der Waals surface area contributed by atoms with Crippen molar-refractivity contribution >= 4 is 46.1 Å². The van der Waals surface area contributed by atoms with Crippen LogP contribution in [0.15, 0.2) is 107 Å².